The molecular formula is C12H25N3O2. The molecule has 0 spiro atoms. The molecule has 0 saturated carbocycles. The van der Waals surface area contributed by atoms with Crippen molar-refractivity contribution in [2.24, 2.45) is 16.8 Å². The third-order valence-corrected chi connectivity index (χ3v) is 3.32. The number of hydrogen-bond donors (Lipinski definition) is 3. The van der Waals surface area contributed by atoms with Gasteiger partial charge in [-0.1, -0.05) is 12.1 Å². The smallest absolute Gasteiger partial charge is 0.139 e. The molecule has 2 atom stereocenters. The van der Waals surface area contributed by atoms with Crippen molar-refractivity contribution in [3.63, 3.8) is 0 Å². The van der Waals surface area contributed by atoms with Crippen LogP contribution in [0, 0.1) is 5.92 Å². The molecule has 0 aromatic heterocycles. The molecule has 1 aliphatic heterocycles. The molecule has 0 aliphatic carbocycles. The lowest BCUT2D eigenvalue weighted by atomic mass is 10.00. The van der Waals surface area contributed by atoms with Crippen molar-refractivity contribution >= 4 is 5.84 Å². The normalized spacial score (nSPS) is 25.4. The van der Waals surface area contributed by atoms with E-state index < -0.39 is 0 Å². The second kappa shape index (κ2) is 8.31. The average Bonchev–Trinajstić information content (AvgIpc) is 2.80. The van der Waals surface area contributed by atoms with E-state index in [-0.39, 0.29) is 0 Å². The molecule has 0 aromatic rings. The predicted molar refractivity (Wildman–Crippen MR) is 68.3 cm³/mol. The maximum atomic E-state index is 8.37. The number of unbranched alkanes of at least 4 members (excludes halogenated alkanes) is 1. The first-order chi connectivity index (χ1) is 8.27. The highest BCUT2D eigenvalue weighted by Gasteiger charge is 2.25. The van der Waals surface area contributed by atoms with Crippen LogP contribution in [-0.4, -0.2) is 36.8 Å². The highest BCUT2D eigenvalue weighted by atomic mass is 16.5. The lowest BCUT2D eigenvalue weighted by molar-refractivity contribution is 0.0873. The molecule has 100 valence electrons. The molecule has 4 N–H and O–H groups in total. The molecule has 1 saturated heterocycles. The van der Waals surface area contributed by atoms with E-state index in [2.05, 4.69) is 17.4 Å². The first-order valence-electron chi connectivity index (χ1n) is 6.56. The highest BCUT2D eigenvalue weighted by Crippen LogP contribution is 2.22. The molecule has 0 bridgehead atoms. The summed E-state index contributed by atoms with van der Waals surface area (Å²) in [4.78, 5) is 0. The summed E-state index contributed by atoms with van der Waals surface area (Å²) < 4.78 is 5.64. The van der Waals surface area contributed by atoms with Crippen LogP contribution in [-0.2, 0) is 4.74 Å². The molecule has 1 aliphatic rings. The monoisotopic (exact) mass is 243 g/mol. The minimum Gasteiger partial charge on any atom is -0.409 e. The Hall–Kier alpha value is -0.810. The SMILES string of the molecule is CCC1OCCC1CNCCCCC(N)=NO. The fraction of sp³-hybridized carbons (Fsp3) is 0.917. The Balaban J connectivity index is 1.97. The van der Waals surface area contributed by atoms with Gasteiger partial charge in [-0.2, -0.15) is 0 Å². The van der Waals surface area contributed by atoms with E-state index in [4.69, 9.17) is 15.7 Å². The number of nitrogens with zero attached hydrogens (tertiary/aromatic N) is 1. The van der Waals surface area contributed by atoms with Crippen molar-refractivity contribution < 1.29 is 9.94 Å². The zero-order valence-electron chi connectivity index (χ0n) is 10.7. The Morgan fingerprint density at radius 3 is 3.06 bits per heavy atom. The summed E-state index contributed by atoms with van der Waals surface area (Å²) in [6, 6.07) is 0. The lowest BCUT2D eigenvalue weighted by Gasteiger charge is -2.17. The molecular weight excluding hydrogens is 218 g/mol. The van der Waals surface area contributed by atoms with Crippen molar-refractivity contribution in [2.45, 2.75) is 45.1 Å². The Kier molecular flexibility index (Phi) is 6.96. The lowest BCUT2D eigenvalue weighted by Crippen LogP contribution is -2.29. The molecule has 0 amide bonds. The standard InChI is InChI=1S/C12H25N3O2/c1-2-11-10(6-8-17-11)9-14-7-4-3-5-12(13)15-16/h10-11,14,16H,2-9H2,1H3,(H2,13,15). The van der Waals surface area contributed by atoms with E-state index in [9.17, 15) is 0 Å². The first-order valence-corrected chi connectivity index (χ1v) is 6.56. The molecule has 17 heavy (non-hydrogen) atoms. The molecule has 5 heteroatoms. The number of amidine groups is 1. The zero-order chi connectivity index (χ0) is 12.5. The highest BCUT2D eigenvalue weighted by molar-refractivity contribution is 5.79. The van der Waals surface area contributed by atoms with Crippen molar-refractivity contribution in [2.75, 3.05) is 19.7 Å². The van der Waals surface area contributed by atoms with Crippen molar-refractivity contribution in [1.82, 2.24) is 5.32 Å². The molecule has 0 aromatic carbocycles. The second-order valence-electron chi connectivity index (χ2n) is 4.62. The topological polar surface area (TPSA) is 79.9 Å². The Morgan fingerprint density at radius 2 is 2.35 bits per heavy atom. The Morgan fingerprint density at radius 1 is 1.53 bits per heavy atom. The van der Waals surface area contributed by atoms with Gasteiger partial charge in [-0.3, -0.25) is 0 Å². The molecule has 2 unspecified atom stereocenters. The van der Waals surface area contributed by atoms with E-state index in [1.807, 2.05) is 0 Å². The average molecular weight is 243 g/mol. The summed E-state index contributed by atoms with van der Waals surface area (Å²) in [5, 5.41) is 14.8. The number of ether oxygens (including phenoxy) is 1. The van der Waals surface area contributed by atoms with E-state index >= 15 is 0 Å². The van der Waals surface area contributed by atoms with Crippen molar-refractivity contribution in [3.05, 3.63) is 0 Å². The summed E-state index contributed by atoms with van der Waals surface area (Å²) >= 11 is 0. The first kappa shape index (κ1) is 14.3. The van der Waals surface area contributed by atoms with Gasteiger partial charge in [0.15, 0.2) is 0 Å². The van der Waals surface area contributed by atoms with E-state index in [1.165, 1.54) is 6.42 Å². The Labute approximate surface area is 103 Å². The minimum absolute atomic E-state index is 0.320. The van der Waals surface area contributed by atoms with Gasteiger partial charge in [-0.05, 0) is 38.1 Å². The van der Waals surface area contributed by atoms with Crippen LogP contribution < -0.4 is 11.1 Å². The maximum Gasteiger partial charge on any atom is 0.139 e. The van der Waals surface area contributed by atoms with Gasteiger partial charge in [-0.15, -0.1) is 0 Å². The van der Waals surface area contributed by atoms with Gasteiger partial charge in [0.2, 0.25) is 0 Å². The third-order valence-electron chi connectivity index (χ3n) is 3.32. The number of oxime groups is 1. The molecule has 5 nitrogen and oxygen atoms in total. The fourth-order valence-electron chi connectivity index (χ4n) is 2.27. The number of hydrogen-bond acceptors (Lipinski definition) is 4. The summed E-state index contributed by atoms with van der Waals surface area (Å²) in [6.07, 6.45) is 5.41. The van der Waals surface area contributed by atoms with E-state index in [1.54, 1.807) is 0 Å². The number of nitrogens with two attached hydrogens (primary N) is 1. The van der Waals surface area contributed by atoms with Crippen LogP contribution in [0.5, 0.6) is 0 Å². The summed E-state index contributed by atoms with van der Waals surface area (Å²) in [7, 11) is 0. The number of rotatable bonds is 8. The van der Waals surface area contributed by atoms with Gasteiger partial charge in [-0.25, -0.2) is 0 Å². The van der Waals surface area contributed by atoms with Crippen LogP contribution in [0.3, 0.4) is 0 Å². The molecule has 1 rings (SSSR count). The second-order valence-corrected chi connectivity index (χ2v) is 4.62. The maximum absolute atomic E-state index is 8.37. The van der Waals surface area contributed by atoms with Gasteiger partial charge in [0, 0.05) is 19.6 Å². The van der Waals surface area contributed by atoms with Crippen LogP contribution >= 0.6 is 0 Å². The quantitative estimate of drug-likeness (QED) is 0.197. The van der Waals surface area contributed by atoms with Crippen LogP contribution in [0.4, 0.5) is 0 Å². The Bertz CT molecular complexity index is 234. The van der Waals surface area contributed by atoms with E-state index in [0.29, 0.717) is 24.3 Å². The van der Waals surface area contributed by atoms with Gasteiger partial charge in [0.1, 0.15) is 5.84 Å². The van der Waals surface area contributed by atoms with Gasteiger partial charge in [0.05, 0.1) is 6.10 Å². The fourth-order valence-corrected chi connectivity index (χ4v) is 2.27. The van der Waals surface area contributed by atoms with Crippen molar-refractivity contribution in [1.29, 1.82) is 0 Å². The minimum atomic E-state index is 0.320. The van der Waals surface area contributed by atoms with E-state index in [0.717, 1.165) is 39.0 Å². The van der Waals surface area contributed by atoms with Gasteiger partial charge in [0.25, 0.3) is 0 Å². The van der Waals surface area contributed by atoms with Crippen LogP contribution in [0.1, 0.15) is 39.0 Å². The van der Waals surface area contributed by atoms with Gasteiger partial charge >= 0.3 is 0 Å². The summed E-state index contributed by atoms with van der Waals surface area (Å²) in [5.74, 6) is 0.990. The number of nitrogens with one attached hydrogen (secondary N) is 1. The predicted octanol–water partition coefficient (Wildman–Crippen LogP) is 1.31. The van der Waals surface area contributed by atoms with Crippen LogP contribution in [0.25, 0.3) is 0 Å². The van der Waals surface area contributed by atoms with Crippen LogP contribution in [0.2, 0.25) is 0 Å². The molecule has 0 radical (unpaired) electrons. The molecule has 1 fully saturated rings. The summed E-state index contributed by atoms with van der Waals surface area (Å²) in [5.41, 5.74) is 5.39. The van der Waals surface area contributed by atoms with Gasteiger partial charge < -0.3 is 21.0 Å². The molecule has 1 heterocycles. The van der Waals surface area contributed by atoms with Crippen LogP contribution in [0.15, 0.2) is 5.16 Å². The largest absolute Gasteiger partial charge is 0.409 e. The zero-order valence-corrected chi connectivity index (χ0v) is 10.7. The summed E-state index contributed by atoms with van der Waals surface area (Å²) in [6.45, 7) is 5.13. The third kappa shape index (κ3) is 5.37. The van der Waals surface area contributed by atoms with Crippen molar-refractivity contribution in [3.8, 4) is 0 Å².